The first-order valence-electron chi connectivity index (χ1n) is 6.68. The second-order valence-electron chi connectivity index (χ2n) is 5.34. The summed E-state index contributed by atoms with van der Waals surface area (Å²) in [7, 11) is 0. The number of rotatable bonds is 2. The molecule has 0 spiro atoms. The van der Waals surface area contributed by atoms with Gasteiger partial charge in [-0.05, 0) is 24.5 Å². The molecule has 0 N–H and O–H groups in total. The lowest BCUT2D eigenvalue weighted by molar-refractivity contribution is 0.0677. The van der Waals surface area contributed by atoms with E-state index in [0.29, 0.717) is 5.92 Å². The van der Waals surface area contributed by atoms with Crippen molar-refractivity contribution in [2.75, 3.05) is 13.1 Å². The van der Waals surface area contributed by atoms with Gasteiger partial charge < -0.3 is 0 Å². The van der Waals surface area contributed by atoms with Gasteiger partial charge in [0.2, 0.25) is 0 Å². The van der Waals surface area contributed by atoms with Crippen molar-refractivity contribution in [2.24, 2.45) is 0 Å². The van der Waals surface area contributed by atoms with E-state index in [2.05, 4.69) is 9.88 Å². The number of likely N-dealkylation sites (tertiary alicyclic amines) is 1. The van der Waals surface area contributed by atoms with Crippen LogP contribution in [0.2, 0.25) is 0 Å². The molecule has 1 saturated carbocycles. The average Bonchev–Trinajstić information content (AvgIpc) is 2.31. The molecule has 2 nitrogen and oxygen atoms in total. The third-order valence-corrected chi connectivity index (χ3v) is 4.24. The van der Waals surface area contributed by atoms with Crippen molar-refractivity contribution < 1.29 is 4.39 Å². The maximum atomic E-state index is 13.5. The smallest absolute Gasteiger partial charge is 0.145 e. The standard InChI is InChI=1S/C14H19FN2/c15-14-8-16-7-6-13(14)11-9-17(10-11)12-4-2-1-3-5-12/h6-8,11-12H,1-5,9-10H2. The van der Waals surface area contributed by atoms with Gasteiger partial charge in [0.05, 0.1) is 6.20 Å². The van der Waals surface area contributed by atoms with Crippen molar-refractivity contribution in [3.8, 4) is 0 Å². The Bertz CT molecular complexity index is 382. The highest BCUT2D eigenvalue weighted by molar-refractivity contribution is 5.22. The molecule has 0 radical (unpaired) electrons. The molecule has 1 aliphatic carbocycles. The van der Waals surface area contributed by atoms with E-state index >= 15 is 0 Å². The molecule has 0 atom stereocenters. The van der Waals surface area contributed by atoms with E-state index in [1.54, 1.807) is 6.20 Å². The lowest BCUT2D eigenvalue weighted by Crippen LogP contribution is -2.51. The Morgan fingerprint density at radius 2 is 1.94 bits per heavy atom. The van der Waals surface area contributed by atoms with Crippen LogP contribution in [-0.4, -0.2) is 29.0 Å². The van der Waals surface area contributed by atoms with Crippen LogP contribution in [0, 0.1) is 5.82 Å². The summed E-state index contributed by atoms with van der Waals surface area (Å²) in [4.78, 5) is 6.34. The van der Waals surface area contributed by atoms with E-state index in [1.807, 2.05) is 6.07 Å². The number of hydrogen-bond donors (Lipinski definition) is 0. The molecule has 17 heavy (non-hydrogen) atoms. The molecule has 3 heteroatoms. The minimum absolute atomic E-state index is 0.138. The summed E-state index contributed by atoms with van der Waals surface area (Å²) >= 11 is 0. The normalized spacial score (nSPS) is 23.6. The molecule has 92 valence electrons. The first-order valence-corrected chi connectivity index (χ1v) is 6.68. The molecule has 1 aromatic heterocycles. The van der Waals surface area contributed by atoms with Gasteiger partial charge in [0.1, 0.15) is 5.82 Å². The zero-order chi connectivity index (χ0) is 11.7. The minimum atomic E-state index is -0.138. The molecule has 3 rings (SSSR count). The highest BCUT2D eigenvalue weighted by atomic mass is 19.1. The van der Waals surface area contributed by atoms with Crippen LogP contribution in [0.25, 0.3) is 0 Å². The van der Waals surface area contributed by atoms with E-state index in [0.717, 1.165) is 24.7 Å². The van der Waals surface area contributed by atoms with E-state index < -0.39 is 0 Å². The van der Waals surface area contributed by atoms with Gasteiger partial charge in [-0.15, -0.1) is 0 Å². The summed E-state index contributed by atoms with van der Waals surface area (Å²) in [6, 6.07) is 2.60. The van der Waals surface area contributed by atoms with Gasteiger partial charge in [-0.25, -0.2) is 4.39 Å². The second-order valence-corrected chi connectivity index (χ2v) is 5.34. The number of nitrogens with zero attached hydrogens (tertiary/aromatic N) is 2. The van der Waals surface area contributed by atoms with Crippen LogP contribution in [0.15, 0.2) is 18.5 Å². The molecule has 0 unspecified atom stereocenters. The van der Waals surface area contributed by atoms with Crippen molar-refractivity contribution in [1.29, 1.82) is 0 Å². The summed E-state index contributed by atoms with van der Waals surface area (Å²) in [6.07, 6.45) is 9.84. The van der Waals surface area contributed by atoms with Crippen LogP contribution >= 0.6 is 0 Å². The van der Waals surface area contributed by atoms with Crippen LogP contribution in [0.1, 0.15) is 43.6 Å². The number of aromatic nitrogens is 1. The number of hydrogen-bond acceptors (Lipinski definition) is 2. The van der Waals surface area contributed by atoms with Crippen molar-refractivity contribution in [3.63, 3.8) is 0 Å². The van der Waals surface area contributed by atoms with Gasteiger partial charge in [-0.2, -0.15) is 0 Å². The van der Waals surface area contributed by atoms with E-state index in [1.165, 1.54) is 38.3 Å². The minimum Gasteiger partial charge on any atom is -0.299 e. The van der Waals surface area contributed by atoms with Crippen LogP contribution in [0.5, 0.6) is 0 Å². The van der Waals surface area contributed by atoms with Crippen molar-refractivity contribution in [2.45, 2.75) is 44.1 Å². The average molecular weight is 234 g/mol. The summed E-state index contributed by atoms with van der Waals surface area (Å²) in [6.45, 7) is 2.07. The maximum Gasteiger partial charge on any atom is 0.145 e. The fourth-order valence-electron chi connectivity index (χ4n) is 3.17. The van der Waals surface area contributed by atoms with Crippen LogP contribution < -0.4 is 0 Å². The lowest BCUT2D eigenvalue weighted by atomic mass is 9.86. The summed E-state index contributed by atoms with van der Waals surface area (Å²) in [5.74, 6) is 0.251. The van der Waals surface area contributed by atoms with E-state index in [9.17, 15) is 4.39 Å². The Morgan fingerprint density at radius 3 is 2.65 bits per heavy atom. The third-order valence-electron chi connectivity index (χ3n) is 4.24. The monoisotopic (exact) mass is 234 g/mol. The molecule has 2 heterocycles. The van der Waals surface area contributed by atoms with Gasteiger partial charge in [0, 0.05) is 31.2 Å². The third kappa shape index (κ3) is 2.21. The summed E-state index contributed by atoms with van der Waals surface area (Å²) in [5.41, 5.74) is 0.854. The molecular formula is C14H19FN2. The first-order chi connectivity index (χ1) is 8.34. The van der Waals surface area contributed by atoms with Gasteiger partial charge in [0.15, 0.2) is 0 Å². The molecule has 0 amide bonds. The molecule has 0 bridgehead atoms. The molecule has 2 fully saturated rings. The molecule has 1 aliphatic heterocycles. The van der Waals surface area contributed by atoms with Crippen molar-refractivity contribution in [3.05, 3.63) is 29.8 Å². The highest BCUT2D eigenvalue weighted by Gasteiger charge is 2.34. The van der Waals surface area contributed by atoms with E-state index in [-0.39, 0.29) is 5.82 Å². The zero-order valence-electron chi connectivity index (χ0n) is 10.1. The van der Waals surface area contributed by atoms with Gasteiger partial charge in [-0.1, -0.05) is 19.3 Å². The predicted molar refractivity (Wildman–Crippen MR) is 65.4 cm³/mol. The quantitative estimate of drug-likeness (QED) is 0.782. The summed E-state index contributed by atoms with van der Waals surface area (Å²) in [5, 5.41) is 0. The van der Waals surface area contributed by atoms with Gasteiger partial charge >= 0.3 is 0 Å². The van der Waals surface area contributed by atoms with Crippen molar-refractivity contribution in [1.82, 2.24) is 9.88 Å². The van der Waals surface area contributed by atoms with Gasteiger partial charge in [0.25, 0.3) is 0 Å². The molecule has 1 aromatic rings. The fraction of sp³-hybridized carbons (Fsp3) is 0.643. The largest absolute Gasteiger partial charge is 0.299 e. The number of pyridine rings is 1. The number of halogens is 1. The Labute approximate surface area is 102 Å². The second kappa shape index (κ2) is 4.73. The molecule has 2 aliphatic rings. The van der Waals surface area contributed by atoms with Gasteiger partial charge in [-0.3, -0.25) is 9.88 Å². The maximum absolute atomic E-state index is 13.5. The zero-order valence-corrected chi connectivity index (χ0v) is 10.1. The Hall–Kier alpha value is -0.960. The Balaban J connectivity index is 1.59. The highest BCUT2D eigenvalue weighted by Crippen LogP contribution is 2.34. The first kappa shape index (κ1) is 11.1. The topological polar surface area (TPSA) is 16.1 Å². The van der Waals surface area contributed by atoms with Crippen LogP contribution in [0.4, 0.5) is 4.39 Å². The van der Waals surface area contributed by atoms with Crippen molar-refractivity contribution >= 4 is 0 Å². The Morgan fingerprint density at radius 1 is 1.18 bits per heavy atom. The Kier molecular flexibility index (Phi) is 3.10. The molecular weight excluding hydrogens is 215 g/mol. The lowest BCUT2D eigenvalue weighted by Gasteiger charge is -2.46. The van der Waals surface area contributed by atoms with Crippen LogP contribution in [0.3, 0.4) is 0 Å². The summed E-state index contributed by atoms with van der Waals surface area (Å²) < 4.78 is 13.5. The van der Waals surface area contributed by atoms with E-state index in [4.69, 9.17) is 0 Å². The SMILES string of the molecule is Fc1cnccc1C1CN(C2CCCCC2)C1. The fourth-order valence-corrected chi connectivity index (χ4v) is 3.17. The van der Waals surface area contributed by atoms with Crippen LogP contribution in [-0.2, 0) is 0 Å². The predicted octanol–water partition coefficient (Wildman–Crippen LogP) is 2.95. The molecule has 1 saturated heterocycles. The molecule has 0 aromatic carbocycles.